The average Bonchev–Trinajstić information content (AvgIpc) is 3.15. The molecule has 0 saturated carbocycles. The molecule has 1 fully saturated rings. The first kappa shape index (κ1) is 20.9. The molecule has 0 aliphatic carbocycles. The summed E-state index contributed by atoms with van der Waals surface area (Å²) in [5.41, 5.74) is 4.08. The quantitative estimate of drug-likeness (QED) is 0.608. The number of imidazole rings is 1. The molecule has 1 aliphatic heterocycles. The topological polar surface area (TPSA) is 67.2 Å². The van der Waals surface area contributed by atoms with Crippen LogP contribution in [-0.4, -0.2) is 35.4 Å². The number of benzene rings is 2. The van der Waals surface area contributed by atoms with E-state index in [1.807, 2.05) is 12.1 Å². The van der Waals surface area contributed by atoms with Gasteiger partial charge in [0.05, 0.1) is 22.5 Å². The molecule has 0 radical (unpaired) electrons. The zero-order chi connectivity index (χ0) is 21.1. The number of fused-ring (bicyclic) bond motifs is 1. The lowest BCUT2D eigenvalue weighted by Crippen LogP contribution is -2.35. The molecule has 3 aromatic rings. The molecule has 1 aromatic heterocycles. The van der Waals surface area contributed by atoms with Crippen LogP contribution in [0.3, 0.4) is 0 Å². The Balaban J connectivity index is 1.63. The number of aromatic nitrogens is 2. The minimum absolute atomic E-state index is 0.341. The van der Waals surface area contributed by atoms with E-state index in [4.69, 9.17) is 4.98 Å². The highest BCUT2D eigenvalue weighted by Gasteiger charge is 2.26. The molecule has 0 atom stereocenters. The zero-order valence-electron chi connectivity index (χ0n) is 17.8. The molecule has 0 unspecified atom stereocenters. The Morgan fingerprint density at radius 1 is 1.03 bits per heavy atom. The van der Waals surface area contributed by atoms with Gasteiger partial charge in [-0.25, -0.2) is 13.4 Å². The molecule has 4 rings (SSSR count). The van der Waals surface area contributed by atoms with Crippen molar-refractivity contribution in [2.45, 2.75) is 57.5 Å². The van der Waals surface area contributed by atoms with E-state index in [9.17, 15) is 8.42 Å². The highest BCUT2D eigenvalue weighted by Crippen LogP contribution is 2.25. The normalized spacial score (nSPS) is 15.5. The summed E-state index contributed by atoms with van der Waals surface area (Å²) in [7, 11) is -3.46. The number of nitrogens with zero attached hydrogens (tertiary/aromatic N) is 3. The predicted octanol–water partition coefficient (Wildman–Crippen LogP) is 4.41. The molecule has 160 valence electrons. The lowest BCUT2D eigenvalue weighted by Gasteiger charge is -2.25. The molecule has 1 N–H and O–H groups in total. The van der Waals surface area contributed by atoms with Crippen LogP contribution in [0.5, 0.6) is 0 Å². The van der Waals surface area contributed by atoms with Crippen LogP contribution in [0, 0.1) is 0 Å². The lowest BCUT2D eigenvalue weighted by molar-refractivity contribution is 0.346. The summed E-state index contributed by atoms with van der Waals surface area (Å²) in [5.74, 6) is 0.908. The smallest absolute Gasteiger partial charge is 0.243 e. The van der Waals surface area contributed by atoms with Gasteiger partial charge in [-0.15, -0.1) is 0 Å². The maximum atomic E-state index is 13.1. The monoisotopic (exact) mass is 426 g/mol. The van der Waals surface area contributed by atoms with E-state index in [2.05, 4.69) is 41.9 Å². The zero-order valence-corrected chi connectivity index (χ0v) is 18.6. The number of hydrogen-bond donors (Lipinski definition) is 1. The molecule has 0 amide bonds. The van der Waals surface area contributed by atoms with E-state index in [1.54, 1.807) is 16.4 Å². The van der Waals surface area contributed by atoms with Gasteiger partial charge < -0.3 is 9.88 Å². The van der Waals surface area contributed by atoms with Gasteiger partial charge in [0.25, 0.3) is 0 Å². The fourth-order valence-electron chi connectivity index (χ4n) is 4.24. The summed E-state index contributed by atoms with van der Waals surface area (Å²) in [5, 5.41) is 3.50. The van der Waals surface area contributed by atoms with Crippen molar-refractivity contribution in [2.24, 2.45) is 0 Å². The number of para-hydroxylation sites is 1. The Hall–Kier alpha value is -2.38. The van der Waals surface area contributed by atoms with Crippen molar-refractivity contribution in [3.8, 4) is 0 Å². The maximum absolute atomic E-state index is 13.1. The first-order chi connectivity index (χ1) is 14.5. The second kappa shape index (κ2) is 8.78. The van der Waals surface area contributed by atoms with Crippen LogP contribution in [0.15, 0.2) is 47.4 Å². The fourth-order valence-corrected chi connectivity index (χ4v) is 5.78. The molecule has 7 heteroatoms. The Morgan fingerprint density at radius 2 is 1.80 bits per heavy atom. The molecule has 1 saturated heterocycles. The van der Waals surface area contributed by atoms with Crippen LogP contribution in [0.2, 0.25) is 0 Å². The van der Waals surface area contributed by atoms with E-state index in [1.165, 1.54) is 5.56 Å². The third-order valence-corrected chi connectivity index (χ3v) is 7.80. The SMILES string of the molecule is CCc1ccccc1NCc1nc2cc(S(=O)(=O)N3CCCCC3)ccc2n1CC. The second-order valence-electron chi connectivity index (χ2n) is 7.75. The van der Waals surface area contributed by atoms with E-state index >= 15 is 0 Å². The molecular weight excluding hydrogens is 396 g/mol. The highest BCUT2D eigenvalue weighted by atomic mass is 32.2. The van der Waals surface area contributed by atoms with Gasteiger partial charge in [0, 0.05) is 25.3 Å². The van der Waals surface area contributed by atoms with Gasteiger partial charge in [0.2, 0.25) is 10.0 Å². The van der Waals surface area contributed by atoms with Crippen molar-refractivity contribution in [2.75, 3.05) is 18.4 Å². The molecule has 2 aromatic carbocycles. The van der Waals surface area contributed by atoms with Crippen molar-refractivity contribution in [1.82, 2.24) is 13.9 Å². The van der Waals surface area contributed by atoms with Gasteiger partial charge in [-0.1, -0.05) is 31.5 Å². The lowest BCUT2D eigenvalue weighted by atomic mass is 10.1. The van der Waals surface area contributed by atoms with Crippen molar-refractivity contribution >= 4 is 26.7 Å². The second-order valence-corrected chi connectivity index (χ2v) is 9.69. The Kier molecular flexibility index (Phi) is 6.11. The van der Waals surface area contributed by atoms with E-state index in [0.29, 0.717) is 24.5 Å². The average molecular weight is 427 g/mol. The summed E-state index contributed by atoms with van der Waals surface area (Å²) in [6, 6.07) is 13.6. The van der Waals surface area contributed by atoms with Gasteiger partial charge in [-0.3, -0.25) is 0 Å². The summed E-state index contributed by atoms with van der Waals surface area (Å²) in [6.45, 7) is 6.82. The Labute approximate surface area is 179 Å². The Morgan fingerprint density at radius 3 is 2.53 bits per heavy atom. The standard InChI is InChI=1S/C23H30N4O2S/c1-3-18-10-6-7-11-20(18)24-17-23-25-21-16-19(12-13-22(21)27(23)4-2)30(28,29)26-14-8-5-9-15-26/h6-7,10-13,16,24H,3-5,8-9,14-15,17H2,1-2H3. The van der Waals surface area contributed by atoms with Crippen molar-refractivity contribution in [3.63, 3.8) is 0 Å². The summed E-state index contributed by atoms with van der Waals surface area (Å²) >= 11 is 0. The van der Waals surface area contributed by atoms with Gasteiger partial charge >= 0.3 is 0 Å². The molecule has 6 nitrogen and oxygen atoms in total. The molecular formula is C23H30N4O2S. The summed E-state index contributed by atoms with van der Waals surface area (Å²) in [4.78, 5) is 5.13. The molecule has 0 spiro atoms. The number of rotatable bonds is 7. The highest BCUT2D eigenvalue weighted by molar-refractivity contribution is 7.89. The molecule has 1 aliphatic rings. The van der Waals surface area contributed by atoms with Crippen LogP contribution in [-0.2, 0) is 29.5 Å². The third kappa shape index (κ3) is 3.96. The number of nitrogens with one attached hydrogen (secondary N) is 1. The van der Waals surface area contributed by atoms with Gasteiger partial charge in [-0.2, -0.15) is 4.31 Å². The van der Waals surface area contributed by atoms with Crippen LogP contribution >= 0.6 is 0 Å². The van der Waals surface area contributed by atoms with Crippen molar-refractivity contribution in [3.05, 3.63) is 53.9 Å². The van der Waals surface area contributed by atoms with Crippen LogP contribution in [0.25, 0.3) is 11.0 Å². The minimum Gasteiger partial charge on any atom is -0.378 e. The maximum Gasteiger partial charge on any atom is 0.243 e. The first-order valence-corrected chi connectivity index (χ1v) is 12.3. The van der Waals surface area contributed by atoms with Crippen LogP contribution in [0.1, 0.15) is 44.5 Å². The summed E-state index contributed by atoms with van der Waals surface area (Å²) < 4.78 is 29.9. The molecule has 0 bridgehead atoms. The van der Waals surface area contributed by atoms with Gasteiger partial charge in [-0.05, 0) is 56.0 Å². The third-order valence-electron chi connectivity index (χ3n) is 5.90. The van der Waals surface area contributed by atoms with Crippen LogP contribution < -0.4 is 5.32 Å². The minimum atomic E-state index is -3.46. The van der Waals surface area contributed by atoms with Crippen molar-refractivity contribution < 1.29 is 8.42 Å². The molecule has 2 heterocycles. The number of anilines is 1. The fraction of sp³-hybridized carbons (Fsp3) is 0.435. The number of hydrogen-bond acceptors (Lipinski definition) is 4. The predicted molar refractivity (Wildman–Crippen MR) is 121 cm³/mol. The van der Waals surface area contributed by atoms with E-state index in [-0.39, 0.29) is 0 Å². The Bertz CT molecular complexity index is 1130. The van der Waals surface area contributed by atoms with Crippen molar-refractivity contribution in [1.29, 1.82) is 0 Å². The largest absolute Gasteiger partial charge is 0.378 e. The van der Waals surface area contributed by atoms with Crippen LogP contribution in [0.4, 0.5) is 5.69 Å². The number of aryl methyl sites for hydroxylation is 2. The first-order valence-electron chi connectivity index (χ1n) is 10.9. The summed E-state index contributed by atoms with van der Waals surface area (Å²) in [6.07, 6.45) is 3.93. The van der Waals surface area contributed by atoms with E-state index in [0.717, 1.165) is 54.8 Å². The van der Waals surface area contributed by atoms with Gasteiger partial charge in [0.15, 0.2) is 0 Å². The number of sulfonamides is 1. The van der Waals surface area contributed by atoms with Gasteiger partial charge in [0.1, 0.15) is 5.82 Å². The molecule has 30 heavy (non-hydrogen) atoms. The van der Waals surface area contributed by atoms with E-state index < -0.39 is 10.0 Å². The number of piperidine rings is 1.